The fourth-order valence-electron chi connectivity index (χ4n) is 1.82. The van der Waals surface area contributed by atoms with E-state index in [0.29, 0.717) is 17.1 Å². The Morgan fingerprint density at radius 1 is 1.10 bits per heavy atom. The first-order valence-corrected chi connectivity index (χ1v) is 8.42. The van der Waals surface area contributed by atoms with E-state index < -0.39 is 10.0 Å². The fourth-order valence-corrected chi connectivity index (χ4v) is 4.00. The van der Waals surface area contributed by atoms with Crippen LogP contribution >= 0.6 is 34.8 Å². The summed E-state index contributed by atoms with van der Waals surface area (Å²) in [6, 6.07) is 2.51. The number of aryl methyl sites for hydroxylation is 2. The van der Waals surface area contributed by atoms with Crippen molar-refractivity contribution >= 4 is 50.5 Å². The van der Waals surface area contributed by atoms with Crippen LogP contribution in [-0.4, -0.2) is 18.2 Å². The van der Waals surface area contributed by atoms with E-state index in [9.17, 15) is 8.42 Å². The molecule has 1 N–H and O–H groups in total. The SMILES string of the molecule is Cc1nn(C)c(C)c1NS(=O)(=O)c1cc(Cl)c(Cl)cc1Cl. The van der Waals surface area contributed by atoms with Crippen LogP contribution in [0.25, 0.3) is 0 Å². The summed E-state index contributed by atoms with van der Waals surface area (Å²) in [5.41, 5.74) is 1.67. The number of benzene rings is 1. The van der Waals surface area contributed by atoms with Crippen molar-refractivity contribution in [3.05, 3.63) is 38.6 Å². The highest BCUT2D eigenvalue weighted by atomic mass is 35.5. The standard InChI is InChI=1S/C12H12Cl3N3O2S/c1-6-12(7(2)18(3)16-6)17-21(19,20)11-5-9(14)8(13)4-10(11)15/h4-5,17H,1-3H3. The number of rotatable bonds is 3. The molecule has 0 bridgehead atoms. The lowest BCUT2D eigenvalue weighted by atomic mass is 10.3. The van der Waals surface area contributed by atoms with Crippen LogP contribution in [0, 0.1) is 13.8 Å². The molecule has 1 aromatic carbocycles. The molecule has 0 saturated heterocycles. The smallest absolute Gasteiger partial charge is 0.263 e. The second kappa shape index (κ2) is 5.68. The van der Waals surface area contributed by atoms with Gasteiger partial charge in [-0.25, -0.2) is 8.42 Å². The van der Waals surface area contributed by atoms with Crippen molar-refractivity contribution in [1.29, 1.82) is 0 Å². The first-order chi connectivity index (χ1) is 9.63. The Labute approximate surface area is 137 Å². The predicted molar refractivity (Wildman–Crippen MR) is 85.0 cm³/mol. The maximum absolute atomic E-state index is 12.5. The minimum atomic E-state index is -3.89. The molecule has 21 heavy (non-hydrogen) atoms. The van der Waals surface area contributed by atoms with E-state index in [1.54, 1.807) is 25.6 Å². The maximum atomic E-state index is 12.5. The third kappa shape index (κ3) is 3.13. The molecule has 0 radical (unpaired) electrons. The summed E-state index contributed by atoms with van der Waals surface area (Å²) in [4.78, 5) is -0.138. The van der Waals surface area contributed by atoms with E-state index in [0.717, 1.165) is 0 Å². The second-order valence-corrected chi connectivity index (χ2v) is 7.34. The lowest BCUT2D eigenvalue weighted by molar-refractivity contribution is 0.601. The number of hydrogen-bond acceptors (Lipinski definition) is 3. The topological polar surface area (TPSA) is 64.0 Å². The lowest BCUT2D eigenvalue weighted by Crippen LogP contribution is -2.14. The van der Waals surface area contributed by atoms with Crippen LogP contribution in [0.3, 0.4) is 0 Å². The average molecular weight is 369 g/mol. The molecule has 1 aromatic heterocycles. The fraction of sp³-hybridized carbons (Fsp3) is 0.250. The first-order valence-electron chi connectivity index (χ1n) is 5.81. The van der Waals surface area contributed by atoms with Gasteiger partial charge >= 0.3 is 0 Å². The predicted octanol–water partition coefficient (Wildman–Crippen LogP) is 3.80. The van der Waals surface area contributed by atoms with Gasteiger partial charge in [0.15, 0.2) is 0 Å². The van der Waals surface area contributed by atoms with Crippen LogP contribution in [0.2, 0.25) is 15.1 Å². The van der Waals surface area contributed by atoms with Gasteiger partial charge in [0.2, 0.25) is 0 Å². The Hall–Kier alpha value is -0.950. The summed E-state index contributed by atoms with van der Waals surface area (Å²) in [5, 5.41) is 4.45. The Bertz CT molecular complexity index is 816. The number of hydrogen-bond donors (Lipinski definition) is 1. The molecule has 0 saturated carbocycles. The van der Waals surface area contributed by atoms with Gasteiger partial charge in [-0.2, -0.15) is 5.10 Å². The molecule has 0 fully saturated rings. The van der Waals surface area contributed by atoms with Crippen LogP contribution in [0.5, 0.6) is 0 Å². The zero-order chi connectivity index (χ0) is 15.9. The zero-order valence-electron chi connectivity index (χ0n) is 11.4. The van der Waals surface area contributed by atoms with E-state index in [-0.39, 0.29) is 20.0 Å². The molecule has 0 unspecified atom stereocenters. The van der Waals surface area contributed by atoms with Gasteiger partial charge in [-0.15, -0.1) is 0 Å². The van der Waals surface area contributed by atoms with E-state index in [4.69, 9.17) is 34.8 Å². The second-order valence-electron chi connectivity index (χ2n) is 4.47. The van der Waals surface area contributed by atoms with Gasteiger partial charge in [0, 0.05) is 7.05 Å². The normalized spacial score (nSPS) is 11.7. The molecular weight excluding hydrogens is 357 g/mol. The Kier molecular flexibility index (Phi) is 4.44. The molecular formula is C12H12Cl3N3O2S. The van der Waals surface area contributed by atoms with Gasteiger partial charge in [0.1, 0.15) is 4.90 Å². The van der Waals surface area contributed by atoms with E-state index >= 15 is 0 Å². The summed E-state index contributed by atoms with van der Waals surface area (Å²) in [5.74, 6) is 0. The van der Waals surface area contributed by atoms with Crippen molar-refractivity contribution < 1.29 is 8.42 Å². The Balaban J connectivity index is 2.51. The Morgan fingerprint density at radius 2 is 1.67 bits per heavy atom. The van der Waals surface area contributed by atoms with Gasteiger partial charge in [-0.3, -0.25) is 9.40 Å². The zero-order valence-corrected chi connectivity index (χ0v) is 14.5. The minimum absolute atomic E-state index is 0.00361. The Morgan fingerprint density at radius 3 is 2.19 bits per heavy atom. The lowest BCUT2D eigenvalue weighted by Gasteiger charge is -2.11. The summed E-state index contributed by atoms with van der Waals surface area (Å²) >= 11 is 17.6. The molecule has 0 aliphatic heterocycles. The quantitative estimate of drug-likeness (QED) is 0.838. The molecule has 5 nitrogen and oxygen atoms in total. The summed E-state index contributed by atoms with van der Waals surface area (Å²) in [6.45, 7) is 3.47. The minimum Gasteiger partial charge on any atom is -0.276 e. The van der Waals surface area contributed by atoms with E-state index in [1.807, 2.05) is 0 Å². The molecule has 2 aromatic rings. The van der Waals surface area contributed by atoms with Crippen molar-refractivity contribution in [3.8, 4) is 0 Å². The molecule has 0 amide bonds. The van der Waals surface area contributed by atoms with E-state index in [2.05, 4.69) is 9.82 Å². The molecule has 9 heteroatoms. The highest BCUT2D eigenvalue weighted by Crippen LogP contribution is 2.33. The van der Waals surface area contributed by atoms with Crippen LogP contribution in [-0.2, 0) is 17.1 Å². The van der Waals surface area contributed by atoms with Crippen LogP contribution < -0.4 is 4.72 Å². The van der Waals surface area contributed by atoms with Crippen LogP contribution in [0.15, 0.2) is 17.0 Å². The first kappa shape index (κ1) is 16.4. The number of aromatic nitrogens is 2. The number of sulfonamides is 1. The van der Waals surface area contributed by atoms with Crippen molar-refractivity contribution in [2.75, 3.05) is 4.72 Å². The van der Waals surface area contributed by atoms with Crippen LogP contribution in [0.4, 0.5) is 5.69 Å². The number of halogens is 3. The summed E-state index contributed by atoms with van der Waals surface area (Å²) in [7, 11) is -2.16. The van der Waals surface area contributed by atoms with Crippen molar-refractivity contribution in [2.45, 2.75) is 18.7 Å². The number of nitrogens with one attached hydrogen (secondary N) is 1. The van der Waals surface area contributed by atoms with Crippen molar-refractivity contribution in [2.24, 2.45) is 7.05 Å². The summed E-state index contributed by atoms with van der Waals surface area (Å²) < 4.78 is 29.0. The third-order valence-corrected chi connectivity index (χ3v) is 5.55. The van der Waals surface area contributed by atoms with Crippen molar-refractivity contribution in [3.63, 3.8) is 0 Å². The van der Waals surface area contributed by atoms with Crippen LogP contribution in [0.1, 0.15) is 11.4 Å². The monoisotopic (exact) mass is 367 g/mol. The van der Waals surface area contributed by atoms with Gasteiger partial charge in [-0.05, 0) is 26.0 Å². The van der Waals surface area contributed by atoms with Crippen molar-refractivity contribution in [1.82, 2.24) is 9.78 Å². The maximum Gasteiger partial charge on any atom is 0.263 e. The summed E-state index contributed by atoms with van der Waals surface area (Å²) in [6.07, 6.45) is 0. The number of anilines is 1. The molecule has 0 spiro atoms. The molecule has 0 aliphatic carbocycles. The average Bonchev–Trinajstić information content (AvgIpc) is 2.60. The molecule has 114 valence electrons. The van der Waals surface area contributed by atoms with Gasteiger partial charge < -0.3 is 0 Å². The highest BCUT2D eigenvalue weighted by molar-refractivity contribution is 7.92. The van der Waals surface area contributed by atoms with E-state index in [1.165, 1.54) is 12.1 Å². The number of nitrogens with zero attached hydrogens (tertiary/aromatic N) is 2. The molecule has 0 atom stereocenters. The molecule has 2 rings (SSSR count). The molecule has 0 aliphatic rings. The van der Waals surface area contributed by atoms with Gasteiger partial charge in [0.05, 0.1) is 32.1 Å². The largest absolute Gasteiger partial charge is 0.276 e. The third-order valence-electron chi connectivity index (χ3n) is 3.01. The van der Waals surface area contributed by atoms with Gasteiger partial charge in [-0.1, -0.05) is 34.8 Å². The van der Waals surface area contributed by atoms with Gasteiger partial charge in [0.25, 0.3) is 10.0 Å². The highest BCUT2D eigenvalue weighted by Gasteiger charge is 2.23. The molecule has 1 heterocycles.